The predicted molar refractivity (Wildman–Crippen MR) is 107 cm³/mol. The van der Waals surface area contributed by atoms with E-state index in [1.165, 1.54) is 0 Å². The maximum absolute atomic E-state index is 13.2. The lowest BCUT2D eigenvalue weighted by Gasteiger charge is -2.22. The summed E-state index contributed by atoms with van der Waals surface area (Å²) in [4.78, 5) is 14.8. The van der Waals surface area contributed by atoms with Gasteiger partial charge in [-0.05, 0) is 48.0 Å². The zero-order valence-corrected chi connectivity index (χ0v) is 16.9. The SMILES string of the molecule is CS(=O)(=O)Oc1ccc(CN(Cc2ccco2)C(=O)c2ccc3c(c2)OCO3)cc1. The van der Waals surface area contributed by atoms with Gasteiger partial charge < -0.3 is 23.0 Å². The lowest BCUT2D eigenvalue weighted by atomic mass is 10.1. The summed E-state index contributed by atoms with van der Waals surface area (Å²) in [5.74, 6) is 1.77. The molecule has 0 saturated heterocycles. The molecule has 4 rings (SSSR count). The molecule has 0 N–H and O–H groups in total. The molecule has 9 heteroatoms. The molecule has 1 aliphatic rings. The maximum atomic E-state index is 13.2. The molecule has 0 aliphatic carbocycles. The van der Waals surface area contributed by atoms with Crippen molar-refractivity contribution in [3.63, 3.8) is 0 Å². The van der Waals surface area contributed by atoms with Crippen LogP contribution >= 0.6 is 0 Å². The van der Waals surface area contributed by atoms with Gasteiger partial charge in [-0.3, -0.25) is 4.79 Å². The minimum absolute atomic E-state index is 0.130. The fourth-order valence-corrected chi connectivity index (χ4v) is 3.51. The molecule has 8 nitrogen and oxygen atoms in total. The number of fused-ring (bicyclic) bond motifs is 1. The molecule has 0 atom stereocenters. The van der Waals surface area contributed by atoms with E-state index in [9.17, 15) is 13.2 Å². The second-order valence-electron chi connectivity index (χ2n) is 6.74. The standard InChI is InChI=1S/C21H19NO7S/c1-30(24,25)29-17-7-4-15(5-8-17)12-22(13-18-3-2-10-26-18)21(23)16-6-9-19-20(11-16)28-14-27-19/h2-11H,12-14H2,1H3. The van der Waals surface area contributed by atoms with Crippen molar-refractivity contribution in [2.75, 3.05) is 13.0 Å². The molecule has 1 aromatic heterocycles. The van der Waals surface area contributed by atoms with Crippen LogP contribution in [0.2, 0.25) is 0 Å². The molecule has 2 aromatic carbocycles. The van der Waals surface area contributed by atoms with Gasteiger partial charge in [-0.2, -0.15) is 8.42 Å². The fourth-order valence-electron chi connectivity index (χ4n) is 3.05. The van der Waals surface area contributed by atoms with Gasteiger partial charge >= 0.3 is 10.1 Å². The monoisotopic (exact) mass is 429 g/mol. The molecule has 3 aromatic rings. The lowest BCUT2D eigenvalue weighted by molar-refractivity contribution is 0.0717. The number of ether oxygens (including phenoxy) is 2. The largest absolute Gasteiger partial charge is 0.467 e. The summed E-state index contributed by atoms with van der Waals surface area (Å²) < 4.78 is 43.5. The zero-order chi connectivity index (χ0) is 21.1. The van der Waals surface area contributed by atoms with Crippen LogP contribution in [0.1, 0.15) is 21.7 Å². The van der Waals surface area contributed by atoms with Crippen LogP contribution in [0.15, 0.2) is 65.3 Å². The topological polar surface area (TPSA) is 95.3 Å². The number of benzene rings is 2. The normalized spacial score (nSPS) is 12.6. The Kier molecular flexibility index (Phi) is 5.37. The first kappa shape index (κ1) is 19.8. The van der Waals surface area contributed by atoms with Gasteiger partial charge in [0.2, 0.25) is 6.79 Å². The van der Waals surface area contributed by atoms with Crippen molar-refractivity contribution in [3.05, 3.63) is 77.7 Å². The third kappa shape index (κ3) is 4.74. The number of carbonyl (C=O) groups is 1. The highest BCUT2D eigenvalue weighted by molar-refractivity contribution is 7.86. The first-order valence-corrected chi connectivity index (χ1v) is 10.9. The van der Waals surface area contributed by atoms with Crippen molar-refractivity contribution in [2.24, 2.45) is 0 Å². The highest BCUT2D eigenvalue weighted by Gasteiger charge is 2.21. The number of hydrogen-bond acceptors (Lipinski definition) is 7. The minimum Gasteiger partial charge on any atom is -0.467 e. The number of rotatable bonds is 7. The maximum Gasteiger partial charge on any atom is 0.306 e. The smallest absolute Gasteiger partial charge is 0.306 e. The van der Waals surface area contributed by atoms with Crippen LogP contribution in [0.4, 0.5) is 0 Å². The van der Waals surface area contributed by atoms with Gasteiger partial charge in [-0.1, -0.05) is 12.1 Å². The van der Waals surface area contributed by atoms with Crippen molar-refractivity contribution in [2.45, 2.75) is 13.1 Å². The first-order chi connectivity index (χ1) is 14.4. The number of amides is 1. The van der Waals surface area contributed by atoms with Gasteiger partial charge in [-0.15, -0.1) is 0 Å². The minimum atomic E-state index is -3.60. The van der Waals surface area contributed by atoms with E-state index in [1.807, 2.05) is 0 Å². The summed E-state index contributed by atoms with van der Waals surface area (Å²) in [6, 6.07) is 15.1. The molecular weight excluding hydrogens is 410 g/mol. The Bertz CT molecular complexity index is 1140. The number of nitrogens with zero attached hydrogens (tertiary/aromatic N) is 1. The van der Waals surface area contributed by atoms with E-state index in [1.54, 1.807) is 65.8 Å². The van der Waals surface area contributed by atoms with E-state index < -0.39 is 10.1 Å². The molecule has 30 heavy (non-hydrogen) atoms. The molecule has 156 valence electrons. The van der Waals surface area contributed by atoms with Crippen LogP contribution in [0.3, 0.4) is 0 Å². The molecule has 0 bridgehead atoms. The molecule has 0 unspecified atom stereocenters. The Morgan fingerprint density at radius 1 is 1.03 bits per heavy atom. The third-order valence-corrected chi connectivity index (χ3v) is 4.87. The van der Waals surface area contributed by atoms with Gasteiger partial charge in [0.15, 0.2) is 11.5 Å². The van der Waals surface area contributed by atoms with E-state index in [2.05, 4.69) is 0 Å². The van der Waals surface area contributed by atoms with Crippen LogP contribution in [0, 0.1) is 0 Å². The second-order valence-corrected chi connectivity index (χ2v) is 8.31. The average Bonchev–Trinajstić information content (AvgIpc) is 3.38. The second kappa shape index (κ2) is 8.11. The molecule has 1 aliphatic heterocycles. The van der Waals surface area contributed by atoms with Crippen LogP contribution in [0.5, 0.6) is 17.2 Å². The van der Waals surface area contributed by atoms with Crippen molar-refractivity contribution >= 4 is 16.0 Å². The van der Waals surface area contributed by atoms with Gasteiger partial charge in [-0.25, -0.2) is 0 Å². The zero-order valence-electron chi connectivity index (χ0n) is 16.1. The molecule has 0 spiro atoms. The molecule has 1 amide bonds. The molecule has 0 saturated carbocycles. The van der Waals surface area contributed by atoms with Crippen LogP contribution in [-0.4, -0.2) is 32.3 Å². The summed E-state index contributed by atoms with van der Waals surface area (Å²) in [6.45, 7) is 0.681. The Morgan fingerprint density at radius 2 is 1.80 bits per heavy atom. The van der Waals surface area contributed by atoms with Crippen LogP contribution < -0.4 is 13.7 Å². The van der Waals surface area contributed by atoms with Crippen LogP contribution in [-0.2, 0) is 23.2 Å². The van der Waals surface area contributed by atoms with Crippen molar-refractivity contribution < 1.29 is 31.3 Å². The number of hydrogen-bond donors (Lipinski definition) is 0. The van der Waals surface area contributed by atoms with E-state index in [0.29, 0.717) is 22.8 Å². The number of furan rings is 1. The Hall–Kier alpha value is -3.46. The summed E-state index contributed by atoms with van der Waals surface area (Å²) in [5, 5.41) is 0. The Labute approximate surface area is 173 Å². The Morgan fingerprint density at radius 3 is 2.50 bits per heavy atom. The van der Waals surface area contributed by atoms with E-state index in [0.717, 1.165) is 11.8 Å². The van der Waals surface area contributed by atoms with Crippen molar-refractivity contribution in [1.82, 2.24) is 4.90 Å². The van der Waals surface area contributed by atoms with Crippen molar-refractivity contribution in [3.8, 4) is 17.2 Å². The Balaban J connectivity index is 1.56. The molecule has 2 heterocycles. The molecule has 0 fully saturated rings. The van der Waals surface area contributed by atoms with Gasteiger partial charge in [0.1, 0.15) is 11.5 Å². The highest BCUT2D eigenvalue weighted by Crippen LogP contribution is 2.33. The molecule has 0 radical (unpaired) electrons. The average molecular weight is 429 g/mol. The third-order valence-electron chi connectivity index (χ3n) is 4.38. The van der Waals surface area contributed by atoms with Gasteiger partial charge in [0, 0.05) is 12.1 Å². The fraction of sp³-hybridized carbons (Fsp3) is 0.190. The van der Waals surface area contributed by atoms with Gasteiger partial charge in [0.25, 0.3) is 5.91 Å². The summed E-state index contributed by atoms with van der Waals surface area (Å²) >= 11 is 0. The van der Waals surface area contributed by atoms with E-state index in [4.69, 9.17) is 18.1 Å². The quantitative estimate of drug-likeness (QED) is 0.532. The summed E-state index contributed by atoms with van der Waals surface area (Å²) in [7, 11) is -3.60. The lowest BCUT2D eigenvalue weighted by Crippen LogP contribution is -2.30. The van der Waals surface area contributed by atoms with Crippen LogP contribution in [0.25, 0.3) is 0 Å². The first-order valence-electron chi connectivity index (χ1n) is 9.07. The summed E-state index contributed by atoms with van der Waals surface area (Å²) in [5.41, 5.74) is 1.26. The molecular formula is C21H19NO7S. The predicted octanol–water partition coefficient (Wildman–Crippen LogP) is 3.19. The highest BCUT2D eigenvalue weighted by atomic mass is 32.2. The van der Waals surface area contributed by atoms with E-state index in [-0.39, 0.29) is 31.5 Å². The van der Waals surface area contributed by atoms with Crippen molar-refractivity contribution in [1.29, 1.82) is 0 Å². The number of carbonyl (C=O) groups excluding carboxylic acids is 1. The summed E-state index contributed by atoms with van der Waals surface area (Å²) in [6.07, 6.45) is 2.53. The van der Waals surface area contributed by atoms with E-state index >= 15 is 0 Å². The van der Waals surface area contributed by atoms with Gasteiger partial charge in [0.05, 0.1) is 19.1 Å².